The number of alkyl carbamates (subject to hydrolysis) is 1. The number of aliphatic hydroxyl groups excluding tert-OH is 1. The van der Waals surface area contributed by atoms with Gasteiger partial charge in [0.15, 0.2) is 0 Å². The lowest BCUT2D eigenvalue weighted by molar-refractivity contribution is 0.0473. The van der Waals surface area contributed by atoms with Gasteiger partial charge in [-0.2, -0.15) is 11.8 Å². The molecule has 0 aromatic carbocycles. The van der Waals surface area contributed by atoms with Gasteiger partial charge in [-0.3, -0.25) is 0 Å². The van der Waals surface area contributed by atoms with E-state index in [1.165, 1.54) is 0 Å². The average Bonchev–Trinajstić information content (AvgIpc) is 2.27. The maximum atomic E-state index is 11.8. The molecule has 0 aromatic heterocycles. The van der Waals surface area contributed by atoms with E-state index in [1.54, 1.807) is 0 Å². The highest BCUT2D eigenvalue weighted by molar-refractivity contribution is 7.99. The van der Waals surface area contributed by atoms with Gasteiger partial charge in [0, 0.05) is 12.6 Å². The van der Waals surface area contributed by atoms with E-state index in [4.69, 9.17) is 9.84 Å². The van der Waals surface area contributed by atoms with Crippen LogP contribution < -0.4 is 5.32 Å². The Bertz CT molecular complexity index is 259. The third-order valence-corrected chi connectivity index (χ3v) is 4.03. The molecule has 0 bridgehead atoms. The van der Waals surface area contributed by atoms with Gasteiger partial charge < -0.3 is 15.2 Å². The molecule has 1 heterocycles. The van der Waals surface area contributed by atoms with E-state index in [9.17, 15) is 4.79 Å². The Hall–Kier alpha value is -0.420. The Labute approximate surface area is 114 Å². The second-order valence-electron chi connectivity index (χ2n) is 5.71. The summed E-state index contributed by atoms with van der Waals surface area (Å²) in [5, 5.41) is 12.0. The minimum Gasteiger partial charge on any atom is -0.444 e. The van der Waals surface area contributed by atoms with Crippen LogP contribution in [-0.4, -0.2) is 41.0 Å². The van der Waals surface area contributed by atoms with Crippen molar-refractivity contribution in [1.82, 2.24) is 5.32 Å². The third-order valence-electron chi connectivity index (χ3n) is 2.98. The van der Waals surface area contributed by atoms with Crippen molar-refractivity contribution in [3.05, 3.63) is 0 Å². The van der Waals surface area contributed by atoms with Crippen molar-refractivity contribution < 1.29 is 14.6 Å². The number of amides is 1. The number of carbonyl (C=O) groups is 1. The fourth-order valence-corrected chi connectivity index (χ4v) is 3.28. The first-order valence-corrected chi connectivity index (χ1v) is 7.76. The van der Waals surface area contributed by atoms with E-state index in [1.807, 2.05) is 32.5 Å². The number of nitrogens with one attached hydrogen (secondary N) is 1. The van der Waals surface area contributed by atoms with Crippen LogP contribution in [0.5, 0.6) is 0 Å². The fraction of sp³-hybridized carbons (Fsp3) is 0.923. The SMILES string of the molecule is CC(C)(C)OC(=O)N[C@H](CCO)C1CCSCC1. The topological polar surface area (TPSA) is 58.6 Å². The van der Waals surface area contributed by atoms with Gasteiger partial charge in [-0.15, -0.1) is 0 Å². The number of carbonyl (C=O) groups excluding carboxylic acids is 1. The summed E-state index contributed by atoms with van der Waals surface area (Å²) in [5.74, 6) is 2.75. The first kappa shape index (κ1) is 15.6. The van der Waals surface area contributed by atoms with Gasteiger partial charge >= 0.3 is 6.09 Å². The molecule has 1 rings (SSSR count). The van der Waals surface area contributed by atoms with Crippen molar-refractivity contribution in [2.24, 2.45) is 5.92 Å². The summed E-state index contributed by atoms with van der Waals surface area (Å²) >= 11 is 1.96. The van der Waals surface area contributed by atoms with E-state index in [2.05, 4.69) is 5.32 Å². The molecule has 1 aliphatic rings. The summed E-state index contributed by atoms with van der Waals surface area (Å²) in [7, 11) is 0. The van der Waals surface area contributed by atoms with Crippen LogP contribution in [0, 0.1) is 5.92 Å². The van der Waals surface area contributed by atoms with E-state index in [0.717, 1.165) is 24.3 Å². The summed E-state index contributed by atoms with van der Waals surface area (Å²) in [5.41, 5.74) is -0.476. The zero-order valence-electron chi connectivity index (χ0n) is 11.6. The van der Waals surface area contributed by atoms with Crippen molar-refractivity contribution >= 4 is 17.9 Å². The first-order chi connectivity index (χ1) is 8.42. The van der Waals surface area contributed by atoms with Gasteiger partial charge in [-0.25, -0.2) is 4.79 Å². The quantitative estimate of drug-likeness (QED) is 0.827. The highest BCUT2D eigenvalue weighted by Crippen LogP contribution is 2.26. The smallest absolute Gasteiger partial charge is 0.407 e. The Morgan fingerprint density at radius 1 is 1.44 bits per heavy atom. The Morgan fingerprint density at radius 2 is 2.06 bits per heavy atom. The molecule has 0 unspecified atom stereocenters. The van der Waals surface area contributed by atoms with Crippen molar-refractivity contribution in [3.63, 3.8) is 0 Å². The lowest BCUT2D eigenvalue weighted by Gasteiger charge is -2.31. The van der Waals surface area contributed by atoms with E-state index in [0.29, 0.717) is 12.3 Å². The summed E-state index contributed by atoms with van der Waals surface area (Å²) in [6.07, 6.45) is 2.43. The van der Waals surface area contributed by atoms with Crippen molar-refractivity contribution in [1.29, 1.82) is 0 Å². The lowest BCUT2D eigenvalue weighted by Crippen LogP contribution is -2.44. The molecular weight excluding hydrogens is 250 g/mol. The van der Waals surface area contributed by atoms with Crippen LogP contribution in [0.1, 0.15) is 40.0 Å². The number of hydrogen-bond donors (Lipinski definition) is 2. The van der Waals surface area contributed by atoms with Crippen LogP contribution in [0.15, 0.2) is 0 Å². The minimum atomic E-state index is -0.476. The predicted molar refractivity (Wildman–Crippen MR) is 74.9 cm³/mol. The van der Waals surface area contributed by atoms with E-state index < -0.39 is 5.60 Å². The molecule has 1 saturated heterocycles. The average molecular weight is 275 g/mol. The maximum absolute atomic E-state index is 11.8. The van der Waals surface area contributed by atoms with Crippen LogP contribution in [0.4, 0.5) is 4.79 Å². The highest BCUT2D eigenvalue weighted by atomic mass is 32.2. The Morgan fingerprint density at radius 3 is 2.56 bits per heavy atom. The van der Waals surface area contributed by atoms with Crippen molar-refractivity contribution in [2.75, 3.05) is 18.1 Å². The zero-order chi connectivity index (χ0) is 13.6. The van der Waals surface area contributed by atoms with Gasteiger partial charge in [0.25, 0.3) is 0 Å². The number of thioether (sulfide) groups is 1. The Kier molecular flexibility index (Phi) is 6.29. The highest BCUT2D eigenvalue weighted by Gasteiger charge is 2.26. The number of rotatable bonds is 4. The molecule has 0 saturated carbocycles. The van der Waals surface area contributed by atoms with Gasteiger partial charge in [-0.1, -0.05) is 0 Å². The first-order valence-electron chi connectivity index (χ1n) is 6.60. The Balaban J connectivity index is 2.48. The van der Waals surface area contributed by atoms with Crippen molar-refractivity contribution in [2.45, 2.75) is 51.7 Å². The second kappa shape index (κ2) is 7.24. The van der Waals surface area contributed by atoms with Crippen LogP contribution in [-0.2, 0) is 4.74 Å². The second-order valence-corrected chi connectivity index (χ2v) is 6.94. The molecule has 4 nitrogen and oxygen atoms in total. The maximum Gasteiger partial charge on any atom is 0.407 e. The number of hydrogen-bond acceptors (Lipinski definition) is 4. The fourth-order valence-electron chi connectivity index (χ4n) is 2.14. The predicted octanol–water partition coefficient (Wildman–Crippen LogP) is 2.41. The summed E-state index contributed by atoms with van der Waals surface area (Å²) in [6.45, 7) is 5.66. The molecule has 1 fully saturated rings. The van der Waals surface area contributed by atoms with Gasteiger partial charge in [0.1, 0.15) is 5.60 Å². The van der Waals surface area contributed by atoms with Gasteiger partial charge in [0.2, 0.25) is 0 Å². The van der Waals surface area contributed by atoms with Crippen LogP contribution in [0.3, 0.4) is 0 Å². The van der Waals surface area contributed by atoms with E-state index in [-0.39, 0.29) is 18.7 Å². The van der Waals surface area contributed by atoms with Gasteiger partial charge in [0.05, 0.1) is 0 Å². The molecule has 0 aromatic rings. The molecule has 2 N–H and O–H groups in total. The molecule has 1 amide bonds. The summed E-state index contributed by atoms with van der Waals surface area (Å²) < 4.78 is 5.27. The lowest BCUT2D eigenvalue weighted by atomic mass is 9.91. The van der Waals surface area contributed by atoms with Gasteiger partial charge in [-0.05, 0) is 57.5 Å². The molecule has 0 spiro atoms. The van der Waals surface area contributed by atoms with Crippen LogP contribution in [0.2, 0.25) is 0 Å². The number of ether oxygens (including phenoxy) is 1. The summed E-state index contributed by atoms with van der Waals surface area (Å²) in [4.78, 5) is 11.8. The molecule has 0 radical (unpaired) electrons. The number of aliphatic hydroxyl groups is 1. The molecular formula is C13H25NO3S. The molecule has 18 heavy (non-hydrogen) atoms. The van der Waals surface area contributed by atoms with Crippen LogP contribution in [0.25, 0.3) is 0 Å². The molecule has 106 valence electrons. The largest absolute Gasteiger partial charge is 0.444 e. The molecule has 1 atom stereocenters. The monoisotopic (exact) mass is 275 g/mol. The molecule has 5 heteroatoms. The minimum absolute atomic E-state index is 0.0331. The van der Waals surface area contributed by atoms with E-state index >= 15 is 0 Å². The zero-order valence-corrected chi connectivity index (χ0v) is 12.4. The molecule has 1 aliphatic heterocycles. The van der Waals surface area contributed by atoms with Crippen molar-refractivity contribution in [3.8, 4) is 0 Å². The third kappa shape index (κ3) is 5.96. The standard InChI is InChI=1S/C13H25NO3S/c1-13(2,3)17-12(16)14-11(4-7-15)10-5-8-18-9-6-10/h10-11,15H,4-9H2,1-3H3,(H,14,16)/t11-/m1/s1. The summed E-state index contributed by atoms with van der Waals surface area (Å²) in [6, 6.07) is 0.0331. The van der Waals surface area contributed by atoms with Crippen LogP contribution >= 0.6 is 11.8 Å². The normalized spacial score (nSPS) is 19.3. The molecule has 0 aliphatic carbocycles.